The Kier molecular flexibility index (Phi) is 3.60. The number of pyridine rings is 2. The molecule has 0 saturated carbocycles. The largest absolute Gasteiger partial charge is 0.384 e. The first-order valence-electron chi connectivity index (χ1n) is 5.20. The van der Waals surface area contributed by atoms with Gasteiger partial charge in [0.05, 0.1) is 5.02 Å². The van der Waals surface area contributed by atoms with Crippen LogP contribution in [0.3, 0.4) is 0 Å². The van der Waals surface area contributed by atoms with Crippen LogP contribution in [0.4, 0.5) is 11.6 Å². The molecular weight excluding hydrogens is 250 g/mol. The van der Waals surface area contributed by atoms with Crippen molar-refractivity contribution in [3.8, 4) is 6.07 Å². The number of hydrogen-bond acceptors (Lipinski definition) is 5. The van der Waals surface area contributed by atoms with E-state index in [9.17, 15) is 0 Å². The molecule has 0 fully saturated rings. The Bertz CT molecular complexity index is 588. The maximum absolute atomic E-state index is 8.81. The lowest BCUT2D eigenvalue weighted by Gasteiger charge is -2.06. The summed E-state index contributed by atoms with van der Waals surface area (Å²) in [6, 6.07) is 8.88. The molecule has 0 atom stereocenters. The Hall–Kier alpha value is -2.32. The van der Waals surface area contributed by atoms with Gasteiger partial charge < -0.3 is 11.1 Å². The summed E-state index contributed by atoms with van der Waals surface area (Å²) in [7, 11) is 0. The van der Waals surface area contributed by atoms with E-state index in [1.165, 1.54) is 0 Å². The van der Waals surface area contributed by atoms with Crippen LogP contribution in [-0.4, -0.2) is 9.97 Å². The van der Waals surface area contributed by atoms with Gasteiger partial charge in [0.1, 0.15) is 17.7 Å². The fraction of sp³-hybridized carbons (Fsp3) is 0.0833. The Morgan fingerprint density at radius 1 is 1.33 bits per heavy atom. The number of anilines is 2. The van der Waals surface area contributed by atoms with Crippen LogP contribution in [0, 0.1) is 11.3 Å². The van der Waals surface area contributed by atoms with Crippen molar-refractivity contribution in [2.24, 2.45) is 0 Å². The Balaban J connectivity index is 2.06. The van der Waals surface area contributed by atoms with E-state index in [-0.39, 0.29) is 5.69 Å². The summed E-state index contributed by atoms with van der Waals surface area (Å²) in [5.74, 6) is 1.07. The van der Waals surface area contributed by atoms with Crippen molar-refractivity contribution in [1.29, 1.82) is 5.26 Å². The topological polar surface area (TPSA) is 87.6 Å². The molecule has 2 rings (SSSR count). The number of nitrogens with one attached hydrogen (secondary N) is 1. The first-order valence-corrected chi connectivity index (χ1v) is 5.58. The summed E-state index contributed by atoms with van der Waals surface area (Å²) in [6.45, 7) is 0.548. The minimum absolute atomic E-state index is 0.206. The number of nitrogens with zero attached hydrogens (tertiary/aromatic N) is 3. The van der Waals surface area contributed by atoms with Crippen molar-refractivity contribution in [2.75, 3.05) is 11.1 Å². The van der Waals surface area contributed by atoms with Crippen molar-refractivity contribution in [1.82, 2.24) is 9.97 Å². The molecule has 0 radical (unpaired) electrons. The van der Waals surface area contributed by atoms with E-state index >= 15 is 0 Å². The first-order chi connectivity index (χ1) is 8.69. The van der Waals surface area contributed by atoms with Crippen molar-refractivity contribution in [2.45, 2.75) is 6.54 Å². The highest BCUT2D eigenvalue weighted by Gasteiger charge is 2.02. The molecule has 5 nitrogen and oxygen atoms in total. The summed E-state index contributed by atoms with van der Waals surface area (Å²) in [5, 5.41) is 12.2. The second kappa shape index (κ2) is 5.34. The molecule has 3 N–H and O–H groups in total. The standard InChI is InChI=1S/C12H10ClN5/c13-9-2-4-12(18-10(9)5-14)17-7-8-1-3-11(15)16-6-8/h1-4,6H,7H2,(H2,15,16)(H,17,18). The summed E-state index contributed by atoms with van der Waals surface area (Å²) in [4.78, 5) is 8.06. The van der Waals surface area contributed by atoms with Gasteiger partial charge in [-0.05, 0) is 23.8 Å². The molecule has 0 bridgehead atoms. The summed E-state index contributed by atoms with van der Waals surface area (Å²) in [5.41, 5.74) is 6.67. The Morgan fingerprint density at radius 3 is 2.83 bits per heavy atom. The van der Waals surface area contributed by atoms with E-state index in [1.54, 1.807) is 24.4 Å². The van der Waals surface area contributed by atoms with E-state index in [1.807, 2.05) is 12.1 Å². The van der Waals surface area contributed by atoms with E-state index in [4.69, 9.17) is 22.6 Å². The lowest BCUT2D eigenvalue weighted by Crippen LogP contribution is -2.03. The van der Waals surface area contributed by atoms with Crippen LogP contribution in [-0.2, 0) is 6.54 Å². The van der Waals surface area contributed by atoms with Crippen LogP contribution in [0.25, 0.3) is 0 Å². The van der Waals surface area contributed by atoms with Gasteiger partial charge in [-0.15, -0.1) is 0 Å². The molecule has 18 heavy (non-hydrogen) atoms. The number of nitriles is 1. The van der Waals surface area contributed by atoms with Gasteiger partial charge in [0, 0.05) is 12.7 Å². The van der Waals surface area contributed by atoms with Crippen LogP contribution < -0.4 is 11.1 Å². The van der Waals surface area contributed by atoms with Crippen molar-refractivity contribution < 1.29 is 0 Å². The van der Waals surface area contributed by atoms with Gasteiger partial charge in [0.15, 0.2) is 5.69 Å². The molecule has 2 aromatic heterocycles. The third-order valence-corrected chi connectivity index (χ3v) is 2.58. The highest BCUT2D eigenvalue weighted by atomic mass is 35.5. The monoisotopic (exact) mass is 259 g/mol. The van der Waals surface area contributed by atoms with Crippen LogP contribution in [0.2, 0.25) is 5.02 Å². The van der Waals surface area contributed by atoms with Crippen molar-refractivity contribution in [3.63, 3.8) is 0 Å². The highest BCUT2D eigenvalue weighted by Crippen LogP contribution is 2.16. The average molecular weight is 260 g/mol. The molecule has 0 spiro atoms. The summed E-state index contributed by atoms with van der Waals surface area (Å²) >= 11 is 5.79. The fourth-order valence-corrected chi connectivity index (χ4v) is 1.50. The van der Waals surface area contributed by atoms with Crippen molar-refractivity contribution >= 4 is 23.2 Å². The van der Waals surface area contributed by atoms with Crippen molar-refractivity contribution in [3.05, 3.63) is 46.7 Å². The van der Waals surface area contributed by atoms with Crippen LogP contribution in [0.15, 0.2) is 30.5 Å². The molecule has 0 aromatic carbocycles. The van der Waals surface area contributed by atoms with Gasteiger partial charge in [-0.3, -0.25) is 0 Å². The SMILES string of the molecule is N#Cc1nc(NCc2ccc(N)nc2)ccc1Cl. The van der Waals surface area contributed by atoms with Gasteiger partial charge in [-0.2, -0.15) is 5.26 Å². The molecule has 0 aliphatic rings. The predicted octanol–water partition coefficient (Wildman–Crippen LogP) is 2.20. The predicted molar refractivity (Wildman–Crippen MR) is 69.9 cm³/mol. The van der Waals surface area contributed by atoms with E-state index in [0.717, 1.165) is 5.56 Å². The molecule has 2 heterocycles. The molecule has 0 saturated heterocycles. The maximum atomic E-state index is 8.81. The molecule has 0 aliphatic heterocycles. The Morgan fingerprint density at radius 2 is 2.17 bits per heavy atom. The zero-order valence-electron chi connectivity index (χ0n) is 9.39. The second-order valence-corrected chi connectivity index (χ2v) is 3.99. The molecule has 0 unspecified atom stereocenters. The molecule has 0 aliphatic carbocycles. The number of hydrogen-bond donors (Lipinski definition) is 2. The molecule has 90 valence electrons. The van der Waals surface area contributed by atoms with Gasteiger partial charge in [0.2, 0.25) is 0 Å². The molecular formula is C12H10ClN5. The van der Waals surface area contributed by atoms with Crippen LogP contribution >= 0.6 is 11.6 Å². The van der Waals surface area contributed by atoms with Gasteiger partial charge >= 0.3 is 0 Å². The first kappa shape index (κ1) is 12.1. The fourth-order valence-electron chi connectivity index (χ4n) is 1.35. The van der Waals surface area contributed by atoms with Gasteiger partial charge in [-0.1, -0.05) is 17.7 Å². The number of halogens is 1. The highest BCUT2D eigenvalue weighted by molar-refractivity contribution is 6.31. The molecule has 6 heteroatoms. The summed E-state index contributed by atoms with van der Waals surface area (Å²) < 4.78 is 0. The smallest absolute Gasteiger partial charge is 0.161 e. The van der Waals surface area contributed by atoms with Crippen LogP contribution in [0.1, 0.15) is 11.3 Å². The van der Waals surface area contributed by atoms with E-state index < -0.39 is 0 Å². The number of rotatable bonds is 3. The zero-order valence-corrected chi connectivity index (χ0v) is 10.1. The van der Waals surface area contributed by atoms with E-state index in [0.29, 0.717) is 23.2 Å². The normalized spacial score (nSPS) is 9.78. The molecule has 0 amide bonds. The average Bonchev–Trinajstić information content (AvgIpc) is 2.39. The van der Waals surface area contributed by atoms with Crippen LogP contribution in [0.5, 0.6) is 0 Å². The number of nitrogen functional groups attached to an aromatic ring is 1. The number of aromatic nitrogens is 2. The van der Waals surface area contributed by atoms with Gasteiger partial charge in [0.25, 0.3) is 0 Å². The third kappa shape index (κ3) is 2.87. The Labute approximate surface area is 109 Å². The maximum Gasteiger partial charge on any atom is 0.161 e. The quantitative estimate of drug-likeness (QED) is 0.882. The minimum atomic E-state index is 0.206. The van der Waals surface area contributed by atoms with Gasteiger partial charge in [-0.25, -0.2) is 9.97 Å². The molecule has 2 aromatic rings. The third-order valence-electron chi connectivity index (χ3n) is 2.27. The second-order valence-electron chi connectivity index (χ2n) is 3.58. The lowest BCUT2D eigenvalue weighted by molar-refractivity contribution is 1.08. The zero-order chi connectivity index (χ0) is 13.0. The lowest BCUT2D eigenvalue weighted by atomic mass is 10.3. The van der Waals surface area contributed by atoms with E-state index in [2.05, 4.69) is 15.3 Å². The minimum Gasteiger partial charge on any atom is -0.384 e. The summed E-state index contributed by atoms with van der Waals surface area (Å²) in [6.07, 6.45) is 1.68. The number of nitrogens with two attached hydrogens (primary N) is 1.